The summed E-state index contributed by atoms with van der Waals surface area (Å²) in [5, 5.41) is 22.2. The van der Waals surface area contributed by atoms with Gasteiger partial charge in [0.15, 0.2) is 0 Å². The predicted octanol–water partition coefficient (Wildman–Crippen LogP) is 6.95. The first-order valence-electron chi connectivity index (χ1n) is 15.9. The zero-order chi connectivity index (χ0) is 28.3. The van der Waals surface area contributed by atoms with E-state index in [9.17, 15) is 14.8 Å². The van der Waals surface area contributed by atoms with Crippen molar-refractivity contribution in [1.29, 1.82) is 0 Å². The van der Waals surface area contributed by atoms with Crippen molar-refractivity contribution in [2.45, 2.75) is 104 Å². The summed E-state index contributed by atoms with van der Waals surface area (Å²) in [4.78, 5) is 4.06. The maximum atomic E-state index is 13.3. The molecule has 4 saturated carbocycles. The van der Waals surface area contributed by atoms with Crippen molar-refractivity contribution >= 4 is 7.82 Å². The molecule has 1 aromatic heterocycles. The van der Waals surface area contributed by atoms with Gasteiger partial charge in [-0.25, -0.2) is 4.57 Å². The quantitative estimate of drug-likeness (QED) is 0.354. The van der Waals surface area contributed by atoms with Gasteiger partial charge in [-0.3, -0.25) is 18.6 Å². The minimum atomic E-state index is -3.60. The van der Waals surface area contributed by atoms with Crippen LogP contribution in [0.25, 0.3) is 0 Å². The largest absolute Gasteiger partial charge is 0.475 e. The van der Waals surface area contributed by atoms with E-state index in [1.807, 2.05) is 12.1 Å². The Morgan fingerprint density at radius 3 is 2.55 bits per heavy atom. The lowest BCUT2D eigenvalue weighted by Gasteiger charge is -2.64. The molecule has 0 radical (unpaired) electrons. The van der Waals surface area contributed by atoms with Gasteiger partial charge in [0, 0.05) is 18.8 Å². The molecule has 13 atom stereocenters. The number of hydrogen-bond donors (Lipinski definition) is 2. The standard InChI is InChI=1S/C32H50NO6P/c1-20(11-17-37-40(36)38-18-12-28(39-40)22-9-15-33-16-10-22)24-5-6-25-29-26(8-14-31(24,25)3)32(4)13-7-23(34)19-27(32)21(2)30(29)35/h9-10,15-16,20-21,23-30,34-35H,5-8,11-14,17-19H2,1-4H3/t20-,21-,23-,24-,25?,26?,27?,28-,29?,30-,31-,32-,40-/m1/s1. The summed E-state index contributed by atoms with van der Waals surface area (Å²) in [6.45, 7) is 10.3. The lowest BCUT2D eigenvalue weighted by atomic mass is 9.42. The van der Waals surface area contributed by atoms with Gasteiger partial charge in [-0.1, -0.05) is 27.7 Å². The Hall–Kier alpha value is -0.820. The molecular formula is C32H50NO6P. The van der Waals surface area contributed by atoms with Crippen LogP contribution in [0.1, 0.15) is 97.1 Å². The number of aliphatic hydroxyl groups is 2. The van der Waals surface area contributed by atoms with E-state index < -0.39 is 7.82 Å². The molecule has 4 aliphatic carbocycles. The van der Waals surface area contributed by atoms with Crippen molar-refractivity contribution in [2.75, 3.05) is 13.2 Å². The number of aromatic nitrogens is 1. The predicted molar refractivity (Wildman–Crippen MR) is 153 cm³/mol. The number of nitrogens with zero attached hydrogens (tertiary/aromatic N) is 1. The van der Waals surface area contributed by atoms with Crippen LogP contribution >= 0.6 is 7.82 Å². The van der Waals surface area contributed by atoms with Gasteiger partial charge >= 0.3 is 7.82 Å². The Labute approximate surface area is 240 Å². The Kier molecular flexibility index (Phi) is 8.07. The fraction of sp³-hybridized carbons (Fsp3) is 0.844. The minimum absolute atomic E-state index is 0.202. The van der Waals surface area contributed by atoms with E-state index in [1.54, 1.807) is 12.4 Å². The molecule has 224 valence electrons. The molecule has 0 spiro atoms. The van der Waals surface area contributed by atoms with E-state index in [0.29, 0.717) is 55.1 Å². The average Bonchev–Trinajstić information content (AvgIpc) is 3.30. The Bertz CT molecular complexity index is 1090. The molecule has 2 N–H and O–H groups in total. The van der Waals surface area contributed by atoms with Gasteiger partial charge < -0.3 is 10.2 Å². The molecule has 2 heterocycles. The fourth-order valence-corrected chi connectivity index (χ4v) is 12.0. The number of phosphoric acid groups is 1. The van der Waals surface area contributed by atoms with E-state index >= 15 is 0 Å². The average molecular weight is 576 g/mol. The van der Waals surface area contributed by atoms with Crippen molar-refractivity contribution in [2.24, 2.45) is 52.3 Å². The van der Waals surface area contributed by atoms with Crippen molar-refractivity contribution in [3.63, 3.8) is 0 Å². The summed E-state index contributed by atoms with van der Waals surface area (Å²) in [6, 6.07) is 3.77. The molecule has 0 bridgehead atoms. The molecule has 4 unspecified atom stereocenters. The van der Waals surface area contributed by atoms with Crippen LogP contribution in [0.2, 0.25) is 0 Å². The van der Waals surface area contributed by atoms with Gasteiger partial charge in [0.1, 0.15) is 0 Å². The van der Waals surface area contributed by atoms with Crippen LogP contribution in [0, 0.1) is 52.3 Å². The molecule has 1 aromatic rings. The summed E-state index contributed by atoms with van der Waals surface area (Å²) in [5.74, 6) is 3.06. The van der Waals surface area contributed by atoms with Crippen molar-refractivity contribution < 1.29 is 28.3 Å². The molecule has 7 nitrogen and oxygen atoms in total. The highest BCUT2D eigenvalue weighted by Gasteiger charge is 2.64. The minimum Gasteiger partial charge on any atom is -0.393 e. The number of aliphatic hydroxyl groups excluding tert-OH is 2. The number of fused-ring (bicyclic) bond motifs is 5. The van der Waals surface area contributed by atoms with Crippen LogP contribution in [-0.2, 0) is 18.1 Å². The lowest BCUT2D eigenvalue weighted by Crippen LogP contribution is -2.61. The fourth-order valence-electron chi connectivity index (χ4n) is 10.6. The summed E-state index contributed by atoms with van der Waals surface area (Å²) in [7, 11) is -3.60. The molecular weight excluding hydrogens is 525 g/mol. The van der Waals surface area contributed by atoms with Gasteiger partial charge in [-0.15, -0.1) is 0 Å². The topological polar surface area (TPSA) is 98.1 Å². The molecule has 40 heavy (non-hydrogen) atoms. The van der Waals surface area contributed by atoms with E-state index in [1.165, 1.54) is 25.7 Å². The number of phosphoric ester groups is 1. The molecule has 6 rings (SSSR count). The van der Waals surface area contributed by atoms with Crippen molar-refractivity contribution in [1.82, 2.24) is 4.98 Å². The third-order valence-electron chi connectivity index (χ3n) is 12.7. The summed E-state index contributed by atoms with van der Waals surface area (Å²) in [6.07, 6.45) is 11.7. The first-order valence-corrected chi connectivity index (χ1v) is 17.4. The normalized spacial score (nSPS) is 49.5. The summed E-state index contributed by atoms with van der Waals surface area (Å²) < 4.78 is 30.5. The summed E-state index contributed by atoms with van der Waals surface area (Å²) >= 11 is 0. The van der Waals surface area contributed by atoms with Crippen LogP contribution in [0.5, 0.6) is 0 Å². The van der Waals surface area contributed by atoms with Crippen LogP contribution in [0.4, 0.5) is 0 Å². The first-order chi connectivity index (χ1) is 19.1. The van der Waals surface area contributed by atoms with Crippen LogP contribution in [-0.4, -0.2) is 40.6 Å². The van der Waals surface area contributed by atoms with Crippen molar-refractivity contribution in [3.8, 4) is 0 Å². The smallest absolute Gasteiger partial charge is 0.393 e. The van der Waals surface area contributed by atoms with Crippen LogP contribution in [0.3, 0.4) is 0 Å². The van der Waals surface area contributed by atoms with E-state index in [-0.39, 0.29) is 35.1 Å². The highest BCUT2D eigenvalue weighted by atomic mass is 31.2. The molecule has 1 aliphatic heterocycles. The second-order valence-electron chi connectivity index (χ2n) is 14.5. The van der Waals surface area contributed by atoms with E-state index in [0.717, 1.165) is 31.2 Å². The first kappa shape index (κ1) is 29.3. The van der Waals surface area contributed by atoms with Crippen LogP contribution < -0.4 is 0 Å². The Morgan fingerprint density at radius 2 is 1.77 bits per heavy atom. The maximum Gasteiger partial charge on any atom is 0.475 e. The second kappa shape index (κ2) is 11.0. The van der Waals surface area contributed by atoms with Gasteiger partial charge in [0.2, 0.25) is 0 Å². The highest BCUT2D eigenvalue weighted by Crippen LogP contribution is 2.69. The van der Waals surface area contributed by atoms with E-state index in [4.69, 9.17) is 13.6 Å². The Morgan fingerprint density at radius 1 is 1.05 bits per heavy atom. The monoisotopic (exact) mass is 575 g/mol. The van der Waals surface area contributed by atoms with Gasteiger partial charge in [-0.05, 0) is 121 Å². The van der Waals surface area contributed by atoms with Crippen molar-refractivity contribution in [3.05, 3.63) is 30.1 Å². The highest BCUT2D eigenvalue weighted by molar-refractivity contribution is 7.48. The number of rotatable bonds is 6. The van der Waals surface area contributed by atoms with Gasteiger partial charge in [0.05, 0.1) is 31.5 Å². The zero-order valence-electron chi connectivity index (χ0n) is 24.8. The molecule has 5 aliphatic rings. The van der Waals surface area contributed by atoms with Gasteiger partial charge in [0.25, 0.3) is 0 Å². The molecule has 8 heteroatoms. The molecule has 0 amide bonds. The molecule has 5 fully saturated rings. The molecule has 0 aromatic carbocycles. The third kappa shape index (κ3) is 4.95. The lowest BCUT2D eigenvalue weighted by molar-refractivity contribution is -0.199. The second-order valence-corrected chi connectivity index (χ2v) is 16.1. The van der Waals surface area contributed by atoms with E-state index in [2.05, 4.69) is 32.7 Å². The van der Waals surface area contributed by atoms with Gasteiger partial charge in [-0.2, -0.15) is 0 Å². The summed E-state index contributed by atoms with van der Waals surface area (Å²) in [5.41, 5.74) is 1.37. The third-order valence-corrected chi connectivity index (χ3v) is 14.2. The Balaban J connectivity index is 1.10. The zero-order valence-corrected chi connectivity index (χ0v) is 25.7. The number of pyridine rings is 1. The van der Waals surface area contributed by atoms with Crippen LogP contribution in [0.15, 0.2) is 24.5 Å². The molecule has 1 saturated heterocycles. The SMILES string of the molecule is C[C@H](CCO[P@]1(=O)OCC[C@H](c2ccncc2)O1)[C@H]1CCC2C3C(CC[C@@]21C)[C@@]1(C)CC[C@@H](O)CC1[C@@H](C)[C@H]3O. The number of hydrogen-bond acceptors (Lipinski definition) is 7. The maximum absolute atomic E-state index is 13.3.